The molecule has 2 heteroatoms. The van der Waals surface area contributed by atoms with Gasteiger partial charge in [0.1, 0.15) is 0 Å². The SMILES string of the molecule is C=CCOC(O)CC.Cc1ccccc1. The maximum absolute atomic E-state index is 8.72. The summed E-state index contributed by atoms with van der Waals surface area (Å²) in [4.78, 5) is 0. The second-order valence-corrected chi connectivity index (χ2v) is 3.14. The Morgan fingerprint density at radius 3 is 2.33 bits per heavy atom. The van der Waals surface area contributed by atoms with Gasteiger partial charge in [-0.3, -0.25) is 0 Å². The van der Waals surface area contributed by atoms with Gasteiger partial charge in [0.2, 0.25) is 0 Å². The molecule has 0 aliphatic heterocycles. The van der Waals surface area contributed by atoms with Crippen LogP contribution in [0.5, 0.6) is 0 Å². The summed E-state index contributed by atoms with van der Waals surface area (Å²) in [5, 5.41) is 8.72. The van der Waals surface area contributed by atoms with Crippen molar-refractivity contribution in [2.24, 2.45) is 0 Å². The first-order chi connectivity index (χ1) is 7.20. The van der Waals surface area contributed by atoms with Gasteiger partial charge >= 0.3 is 0 Å². The average Bonchev–Trinajstić information content (AvgIpc) is 2.28. The highest BCUT2D eigenvalue weighted by Crippen LogP contribution is 1.92. The van der Waals surface area contributed by atoms with E-state index in [9.17, 15) is 0 Å². The minimum atomic E-state index is -0.618. The molecule has 2 nitrogen and oxygen atoms in total. The molecule has 1 aromatic rings. The topological polar surface area (TPSA) is 29.5 Å². The quantitative estimate of drug-likeness (QED) is 0.609. The van der Waals surface area contributed by atoms with Crippen molar-refractivity contribution >= 4 is 0 Å². The first kappa shape index (κ1) is 13.9. The van der Waals surface area contributed by atoms with Crippen molar-refractivity contribution in [1.82, 2.24) is 0 Å². The summed E-state index contributed by atoms with van der Waals surface area (Å²) >= 11 is 0. The zero-order chi connectivity index (χ0) is 11.5. The smallest absolute Gasteiger partial charge is 0.154 e. The molecule has 84 valence electrons. The molecule has 0 fully saturated rings. The van der Waals surface area contributed by atoms with E-state index >= 15 is 0 Å². The van der Waals surface area contributed by atoms with Crippen LogP contribution in [0, 0.1) is 6.92 Å². The molecule has 0 aliphatic rings. The zero-order valence-corrected chi connectivity index (χ0v) is 9.52. The van der Waals surface area contributed by atoms with Gasteiger partial charge < -0.3 is 9.84 Å². The lowest BCUT2D eigenvalue weighted by molar-refractivity contribution is -0.0896. The van der Waals surface area contributed by atoms with Crippen LogP contribution in [-0.2, 0) is 4.74 Å². The standard InChI is InChI=1S/C7H8.C6H12O2/c1-7-5-3-2-4-6-7;1-3-5-8-6(7)4-2/h2-6H,1H3;3,6-7H,1,4-5H2,2H3. The summed E-state index contributed by atoms with van der Waals surface area (Å²) in [5.74, 6) is 0. The monoisotopic (exact) mass is 208 g/mol. The maximum atomic E-state index is 8.72. The van der Waals surface area contributed by atoms with Crippen LogP contribution in [0.1, 0.15) is 18.9 Å². The maximum Gasteiger partial charge on any atom is 0.154 e. The molecule has 0 saturated heterocycles. The molecule has 0 aromatic heterocycles. The van der Waals surface area contributed by atoms with Gasteiger partial charge in [0.25, 0.3) is 0 Å². The molecule has 0 spiro atoms. The van der Waals surface area contributed by atoms with E-state index in [1.165, 1.54) is 5.56 Å². The predicted molar refractivity (Wildman–Crippen MR) is 63.6 cm³/mol. The highest BCUT2D eigenvalue weighted by atomic mass is 16.6. The second-order valence-electron chi connectivity index (χ2n) is 3.14. The fourth-order valence-corrected chi connectivity index (χ4v) is 0.831. The Kier molecular flexibility index (Phi) is 8.73. The normalized spacial score (nSPS) is 11.1. The fourth-order valence-electron chi connectivity index (χ4n) is 0.831. The van der Waals surface area contributed by atoms with Crippen molar-refractivity contribution in [2.45, 2.75) is 26.6 Å². The average molecular weight is 208 g/mol. The van der Waals surface area contributed by atoms with Gasteiger partial charge in [-0.2, -0.15) is 0 Å². The van der Waals surface area contributed by atoms with E-state index in [1.54, 1.807) is 6.08 Å². The second kappa shape index (κ2) is 9.44. The van der Waals surface area contributed by atoms with Crippen LogP contribution in [-0.4, -0.2) is 18.0 Å². The molecule has 1 aromatic carbocycles. The number of ether oxygens (including phenoxy) is 1. The van der Waals surface area contributed by atoms with Crippen LogP contribution in [0.3, 0.4) is 0 Å². The minimum Gasteiger partial charge on any atom is -0.368 e. The van der Waals surface area contributed by atoms with Crippen molar-refractivity contribution in [3.05, 3.63) is 48.6 Å². The third-order valence-electron chi connectivity index (χ3n) is 1.70. The van der Waals surface area contributed by atoms with Crippen molar-refractivity contribution in [3.8, 4) is 0 Å². The van der Waals surface area contributed by atoms with Crippen molar-refractivity contribution in [1.29, 1.82) is 0 Å². The van der Waals surface area contributed by atoms with Gasteiger partial charge in [0, 0.05) is 0 Å². The Hall–Kier alpha value is -1.12. The van der Waals surface area contributed by atoms with Crippen LogP contribution in [0.4, 0.5) is 0 Å². The van der Waals surface area contributed by atoms with E-state index in [0.29, 0.717) is 13.0 Å². The summed E-state index contributed by atoms with van der Waals surface area (Å²) < 4.78 is 4.78. The fraction of sp³-hybridized carbons (Fsp3) is 0.385. The van der Waals surface area contributed by atoms with E-state index < -0.39 is 6.29 Å². The van der Waals surface area contributed by atoms with Gasteiger partial charge in [-0.1, -0.05) is 48.9 Å². The van der Waals surface area contributed by atoms with E-state index in [-0.39, 0.29) is 0 Å². The Balaban J connectivity index is 0.000000262. The number of rotatable bonds is 4. The molecule has 15 heavy (non-hydrogen) atoms. The van der Waals surface area contributed by atoms with Gasteiger partial charge in [-0.25, -0.2) is 0 Å². The van der Waals surface area contributed by atoms with E-state index in [1.807, 2.05) is 25.1 Å². The van der Waals surface area contributed by atoms with Gasteiger partial charge in [0.05, 0.1) is 6.61 Å². The van der Waals surface area contributed by atoms with Gasteiger partial charge in [-0.15, -0.1) is 6.58 Å². The first-order valence-corrected chi connectivity index (χ1v) is 5.13. The molecule has 0 bridgehead atoms. The number of hydrogen-bond acceptors (Lipinski definition) is 2. The number of hydrogen-bond donors (Lipinski definition) is 1. The lowest BCUT2D eigenvalue weighted by Crippen LogP contribution is -2.09. The van der Waals surface area contributed by atoms with E-state index in [2.05, 4.69) is 25.6 Å². The van der Waals surface area contributed by atoms with E-state index in [4.69, 9.17) is 9.84 Å². The van der Waals surface area contributed by atoms with Crippen LogP contribution >= 0.6 is 0 Å². The highest BCUT2D eigenvalue weighted by molar-refractivity contribution is 5.11. The van der Waals surface area contributed by atoms with Crippen molar-refractivity contribution in [3.63, 3.8) is 0 Å². The molecule has 0 heterocycles. The van der Waals surface area contributed by atoms with Crippen LogP contribution in [0.15, 0.2) is 43.0 Å². The highest BCUT2D eigenvalue weighted by Gasteiger charge is 1.94. The summed E-state index contributed by atoms with van der Waals surface area (Å²) in [6.45, 7) is 7.79. The third kappa shape index (κ3) is 9.19. The molecule has 1 N–H and O–H groups in total. The molecule has 1 unspecified atom stereocenters. The van der Waals surface area contributed by atoms with Gasteiger partial charge in [-0.05, 0) is 13.3 Å². The van der Waals surface area contributed by atoms with Crippen LogP contribution < -0.4 is 0 Å². The molecular formula is C13H20O2. The molecule has 0 amide bonds. The van der Waals surface area contributed by atoms with Crippen molar-refractivity contribution in [2.75, 3.05) is 6.61 Å². The largest absolute Gasteiger partial charge is 0.368 e. The van der Waals surface area contributed by atoms with Crippen molar-refractivity contribution < 1.29 is 9.84 Å². The molecule has 1 rings (SSSR count). The molecule has 1 atom stereocenters. The number of aliphatic hydroxyl groups excluding tert-OH is 1. The Labute approximate surface area is 92.2 Å². The Morgan fingerprint density at radius 2 is 2.00 bits per heavy atom. The molecule has 0 aliphatic carbocycles. The molecule has 0 saturated carbocycles. The number of benzene rings is 1. The van der Waals surface area contributed by atoms with Crippen LogP contribution in [0.2, 0.25) is 0 Å². The minimum absolute atomic E-state index is 0.426. The first-order valence-electron chi connectivity index (χ1n) is 5.13. The lowest BCUT2D eigenvalue weighted by Gasteiger charge is -2.05. The summed E-state index contributed by atoms with van der Waals surface area (Å²) in [6, 6.07) is 10.3. The Bertz CT molecular complexity index is 244. The van der Waals surface area contributed by atoms with E-state index in [0.717, 1.165) is 0 Å². The zero-order valence-electron chi connectivity index (χ0n) is 9.52. The summed E-state index contributed by atoms with van der Waals surface area (Å²) in [6.07, 6.45) is 1.63. The molecular weight excluding hydrogens is 188 g/mol. The number of aliphatic hydroxyl groups is 1. The third-order valence-corrected chi connectivity index (χ3v) is 1.70. The number of aryl methyl sites for hydroxylation is 1. The Morgan fingerprint density at radius 1 is 1.40 bits per heavy atom. The predicted octanol–water partition coefficient (Wildman–Crippen LogP) is 2.91. The lowest BCUT2D eigenvalue weighted by atomic mass is 10.2. The molecule has 0 radical (unpaired) electrons. The summed E-state index contributed by atoms with van der Waals surface area (Å²) in [7, 11) is 0. The summed E-state index contributed by atoms with van der Waals surface area (Å²) in [5.41, 5.74) is 1.32. The van der Waals surface area contributed by atoms with Gasteiger partial charge in [0.15, 0.2) is 6.29 Å². The van der Waals surface area contributed by atoms with Crippen LogP contribution in [0.25, 0.3) is 0 Å².